The Hall–Kier alpha value is -1.73. The highest BCUT2D eigenvalue weighted by atomic mass is 32.1. The molecule has 0 atom stereocenters. The number of thiophene rings is 1. The molecule has 0 aliphatic carbocycles. The Morgan fingerprint density at radius 3 is 2.87 bits per heavy atom. The van der Waals surface area contributed by atoms with Crippen LogP contribution in [-0.2, 0) is 19.5 Å². The maximum atomic E-state index is 12.5. The lowest BCUT2D eigenvalue weighted by Gasteiger charge is -2.21. The highest BCUT2D eigenvalue weighted by molar-refractivity contribution is 7.12. The van der Waals surface area contributed by atoms with Crippen LogP contribution in [0, 0.1) is 0 Å². The van der Waals surface area contributed by atoms with E-state index in [0.29, 0.717) is 19.1 Å². The van der Waals surface area contributed by atoms with E-state index in [0.717, 1.165) is 36.0 Å². The number of carbonyl (C=O) groups excluding carboxylic acids is 1. The Morgan fingerprint density at radius 2 is 2.17 bits per heavy atom. The summed E-state index contributed by atoms with van der Waals surface area (Å²) in [7, 11) is 2.09. The molecule has 7 heteroatoms. The molecule has 0 radical (unpaired) electrons. The molecule has 0 bridgehead atoms. The van der Waals surface area contributed by atoms with Crippen molar-refractivity contribution in [2.45, 2.75) is 39.4 Å². The Kier molecular flexibility index (Phi) is 4.77. The van der Waals surface area contributed by atoms with Gasteiger partial charge in [-0.25, -0.2) is 0 Å². The number of nitrogens with zero attached hydrogens (tertiary/aromatic N) is 5. The van der Waals surface area contributed by atoms with Crippen molar-refractivity contribution in [3.8, 4) is 0 Å². The minimum atomic E-state index is 0.125. The summed E-state index contributed by atoms with van der Waals surface area (Å²) in [5.41, 5.74) is 0. The minimum Gasteiger partial charge on any atom is -0.336 e. The van der Waals surface area contributed by atoms with E-state index in [1.165, 1.54) is 11.3 Å². The van der Waals surface area contributed by atoms with Crippen LogP contribution in [0.3, 0.4) is 0 Å². The van der Waals surface area contributed by atoms with Gasteiger partial charge >= 0.3 is 0 Å². The molecule has 0 N–H and O–H groups in total. The Balaban J connectivity index is 1.71. The van der Waals surface area contributed by atoms with Gasteiger partial charge in [0.2, 0.25) is 0 Å². The number of amides is 1. The molecule has 1 aliphatic rings. The summed E-state index contributed by atoms with van der Waals surface area (Å²) in [5, 5.41) is 10.6. The zero-order chi connectivity index (χ0) is 16.4. The van der Waals surface area contributed by atoms with Crippen molar-refractivity contribution < 1.29 is 4.79 Å². The van der Waals surface area contributed by atoms with Gasteiger partial charge in [0.1, 0.15) is 11.6 Å². The molecule has 0 saturated heterocycles. The second kappa shape index (κ2) is 6.80. The van der Waals surface area contributed by atoms with Crippen LogP contribution < -0.4 is 0 Å². The van der Waals surface area contributed by atoms with Crippen LogP contribution in [0.4, 0.5) is 0 Å². The maximum Gasteiger partial charge on any atom is 0.263 e. The first-order valence-electron chi connectivity index (χ1n) is 8.00. The van der Waals surface area contributed by atoms with Crippen molar-refractivity contribution in [2.75, 3.05) is 20.1 Å². The zero-order valence-corrected chi connectivity index (χ0v) is 14.7. The van der Waals surface area contributed by atoms with Gasteiger partial charge in [-0.1, -0.05) is 6.07 Å². The van der Waals surface area contributed by atoms with Gasteiger partial charge in [0.05, 0.1) is 11.4 Å². The fourth-order valence-corrected chi connectivity index (χ4v) is 3.36. The van der Waals surface area contributed by atoms with Crippen LogP contribution >= 0.6 is 11.3 Å². The predicted molar refractivity (Wildman–Crippen MR) is 90.6 cm³/mol. The van der Waals surface area contributed by atoms with Gasteiger partial charge in [-0.15, -0.1) is 21.5 Å². The van der Waals surface area contributed by atoms with Gasteiger partial charge in [-0.05, 0) is 32.3 Å². The fourth-order valence-electron chi connectivity index (χ4n) is 2.66. The summed E-state index contributed by atoms with van der Waals surface area (Å²) in [4.78, 5) is 17.5. The van der Waals surface area contributed by atoms with Crippen LogP contribution in [0.15, 0.2) is 17.5 Å². The largest absolute Gasteiger partial charge is 0.336 e. The van der Waals surface area contributed by atoms with Gasteiger partial charge in [0, 0.05) is 32.1 Å². The molecular formula is C16H23N5OS. The lowest BCUT2D eigenvalue weighted by atomic mass is 10.3. The Morgan fingerprint density at radius 1 is 1.35 bits per heavy atom. The molecule has 1 aliphatic heterocycles. The van der Waals surface area contributed by atoms with Crippen LogP contribution in [0.2, 0.25) is 0 Å². The first-order valence-corrected chi connectivity index (χ1v) is 8.88. The molecule has 2 aromatic rings. The van der Waals surface area contributed by atoms with Gasteiger partial charge < -0.3 is 9.47 Å². The van der Waals surface area contributed by atoms with Crippen molar-refractivity contribution in [1.29, 1.82) is 0 Å². The van der Waals surface area contributed by atoms with Crippen molar-refractivity contribution in [1.82, 2.24) is 24.6 Å². The molecule has 0 saturated carbocycles. The standard InChI is InChI=1S/C16H23N5OS/c1-12(2)19(3)11-15-18-17-14-6-7-20(8-9-21(14)15)16(22)13-5-4-10-23-13/h4-5,10,12H,6-9,11H2,1-3H3. The smallest absolute Gasteiger partial charge is 0.263 e. The van der Waals surface area contributed by atoms with E-state index in [-0.39, 0.29) is 5.91 Å². The molecule has 0 aromatic carbocycles. The van der Waals surface area contributed by atoms with E-state index in [2.05, 4.69) is 40.6 Å². The van der Waals surface area contributed by atoms with Crippen molar-refractivity contribution in [2.24, 2.45) is 0 Å². The summed E-state index contributed by atoms with van der Waals surface area (Å²) < 4.78 is 2.18. The highest BCUT2D eigenvalue weighted by Gasteiger charge is 2.23. The Labute approximate surface area is 140 Å². The lowest BCUT2D eigenvalue weighted by Crippen LogP contribution is -2.33. The van der Waals surface area contributed by atoms with E-state index >= 15 is 0 Å². The predicted octanol–water partition coefficient (Wildman–Crippen LogP) is 1.88. The minimum absolute atomic E-state index is 0.125. The normalized spacial score (nSPS) is 15.1. The molecule has 1 amide bonds. The molecule has 0 fully saturated rings. The lowest BCUT2D eigenvalue weighted by molar-refractivity contribution is 0.0763. The van der Waals surface area contributed by atoms with Crippen LogP contribution in [0.5, 0.6) is 0 Å². The highest BCUT2D eigenvalue weighted by Crippen LogP contribution is 2.16. The monoisotopic (exact) mass is 333 g/mol. The van der Waals surface area contributed by atoms with Crippen molar-refractivity contribution in [3.63, 3.8) is 0 Å². The summed E-state index contributed by atoms with van der Waals surface area (Å²) >= 11 is 1.50. The Bertz CT molecular complexity index is 664. The molecule has 0 unspecified atom stereocenters. The topological polar surface area (TPSA) is 54.3 Å². The van der Waals surface area contributed by atoms with Crippen LogP contribution in [-0.4, -0.2) is 56.7 Å². The number of hydrogen-bond donors (Lipinski definition) is 0. The molecule has 124 valence electrons. The van der Waals surface area contributed by atoms with Gasteiger partial charge in [-0.3, -0.25) is 9.69 Å². The van der Waals surface area contributed by atoms with E-state index in [9.17, 15) is 4.79 Å². The summed E-state index contributed by atoms with van der Waals surface area (Å²) in [6.45, 7) is 7.29. The van der Waals surface area contributed by atoms with Gasteiger partial charge in [-0.2, -0.15) is 0 Å². The third kappa shape index (κ3) is 3.45. The molecule has 6 nitrogen and oxygen atoms in total. The van der Waals surface area contributed by atoms with E-state index in [1.54, 1.807) is 0 Å². The molecule has 0 spiro atoms. The average molecular weight is 333 g/mol. The van der Waals surface area contributed by atoms with Gasteiger partial charge in [0.15, 0.2) is 0 Å². The number of hydrogen-bond acceptors (Lipinski definition) is 5. The van der Waals surface area contributed by atoms with E-state index in [1.807, 2.05) is 22.4 Å². The fraction of sp³-hybridized carbons (Fsp3) is 0.562. The first kappa shape index (κ1) is 16.1. The second-order valence-corrected chi connectivity index (χ2v) is 7.16. The van der Waals surface area contributed by atoms with Crippen molar-refractivity contribution in [3.05, 3.63) is 34.0 Å². The number of aromatic nitrogens is 3. The number of carbonyl (C=O) groups is 1. The summed E-state index contributed by atoms with van der Waals surface area (Å²) in [5.74, 6) is 2.10. The molecule has 3 rings (SSSR count). The summed E-state index contributed by atoms with van der Waals surface area (Å²) in [6.07, 6.45) is 0.759. The van der Waals surface area contributed by atoms with Crippen molar-refractivity contribution >= 4 is 17.2 Å². The molecule has 23 heavy (non-hydrogen) atoms. The quantitative estimate of drug-likeness (QED) is 0.857. The first-order chi connectivity index (χ1) is 11.1. The average Bonchev–Trinajstić information content (AvgIpc) is 3.13. The maximum absolute atomic E-state index is 12.5. The SMILES string of the molecule is CC(C)N(C)Cc1nnc2n1CCN(C(=O)c1cccs1)CC2. The van der Waals surface area contributed by atoms with E-state index < -0.39 is 0 Å². The molecular weight excluding hydrogens is 310 g/mol. The third-order valence-corrected chi connectivity index (χ3v) is 5.25. The zero-order valence-electron chi connectivity index (χ0n) is 13.9. The molecule has 2 aromatic heterocycles. The van der Waals surface area contributed by atoms with Crippen LogP contribution in [0.1, 0.15) is 35.2 Å². The second-order valence-electron chi connectivity index (χ2n) is 6.21. The number of rotatable bonds is 4. The van der Waals surface area contributed by atoms with E-state index in [4.69, 9.17) is 0 Å². The number of fused-ring (bicyclic) bond motifs is 1. The van der Waals surface area contributed by atoms with Gasteiger partial charge in [0.25, 0.3) is 5.91 Å². The third-order valence-electron chi connectivity index (χ3n) is 4.39. The van der Waals surface area contributed by atoms with Crippen LogP contribution in [0.25, 0.3) is 0 Å². The molecule has 3 heterocycles. The summed E-state index contributed by atoms with van der Waals surface area (Å²) in [6, 6.07) is 4.27.